The number of amides is 1. The summed E-state index contributed by atoms with van der Waals surface area (Å²) in [4.78, 5) is 14.6. The largest absolute Gasteiger partial charge is 0.374 e. The monoisotopic (exact) mass is 320 g/mol. The number of hydrogen-bond donors (Lipinski definition) is 1. The van der Waals surface area contributed by atoms with Crippen molar-refractivity contribution in [2.24, 2.45) is 0 Å². The van der Waals surface area contributed by atoms with Gasteiger partial charge in [-0.25, -0.2) is 0 Å². The van der Waals surface area contributed by atoms with Crippen LogP contribution in [0.1, 0.15) is 38.2 Å². The van der Waals surface area contributed by atoms with Crippen LogP contribution in [0.25, 0.3) is 0 Å². The maximum absolute atomic E-state index is 12.6. The molecule has 3 atom stereocenters. The maximum atomic E-state index is 12.6. The zero-order valence-corrected chi connectivity index (χ0v) is 14.2. The lowest BCUT2D eigenvalue weighted by atomic mass is 9.90. The first-order valence-corrected chi connectivity index (χ1v) is 8.77. The molecule has 0 aromatic carbocycles. The van der Waals surface area contributed by atoms with Crippen LogP contribution in [0.15, 0.2) is 12.4 Å². The van der Waals surface area contributed by atoms with Crippen molar-refractivity contribution in [3.63, 3.8) is 0 Å². The Morgan fingerprint density at radius 2 is 2.30 bits per heavy atom. The smallest absolute Gasteiger partial charge is 0.236 e. The zero-order valence-electron chi connectivity index (χ0n) is 14.2. The first-order valence-electron chi connectivity index (χ1n) is 8.77. The molecule has 1 saturated heterocycles. The predicted molar refractivity (Wildman–Crippen MR) is 88.1 cm³/mol. The molecule has 2 heterocycles. The van der Waals surface area contributed by atoms with Crippen molar-refractivity contribution in [1.29, 1.82) is 0 Å². The number of ether oxygens (including phenoxy) is 1. The first-order chi connectivity index (χ1) is 11.1. The summed E-state index contributed by atoms with van der Waals surface area (Å²) in [6, 6.07) is 0.498. The van der Waals surface area contributed by atoms with Crippen LogP contribution in [-0.2, 0) is 16.1 Å². The lowest BCUT2D eigenvalue weighted by molar-refractivity contribution is -0.148. The molecular weight excluding hydrogens is 292 g/mol. The Morgan fingerprint density at radius 1 is 1.48 bits per heavy atom. The first kappa shape index (κ1) is 16.5. The Kier molecular flexibility index (Phi) is 5.33. The third kappa shape index (κ3) is 4.12. The second-order valence-corrected chi connectivity index (χ2v) is 6.87. The van der Waals surface area contributed by atoms with E-state index in [-0.39, 0.29) is 24.1 Å². The van der Waals surface area contributed by atoms with Gasteiger partial charge < -0.3 is 15.0 Å². The molecule has 6 nitrogen and oxygen atoms in total. The van der Waals surface area contributed by atoms with E-state index in [2.05, 4.69) is 17.3 Å². The summed E-state index contributed by atoms with van der Waals surface area (Å²) in [6.07, 6.45) is 8.74. The summed E-state index contributed by atoms with van der Waals surface area (Å²) in [5, 5.41) is 7.63. The number of nitrogens with zero attached hydrogens (tertiary/aromatic N) is 3. The summed E-state index contributed by atoms with van der Waals surface area (Å²) in [5.74, 6) is 0.202. The van der Waals surface area contributed by atoms with Crippen molar-refractivity contribution >= 4 is 5.91 Å². The van der Waals surface area contributed by atoms with Crippen molar-refractivity contribution in [1.82, 2.24) is 20.0 Å². The summed E-state index contributed by atoms with van der Waals surface area (Å²) >= 11 is 0. The van der Waals surface area contributed by atoms with Gasteiger partial charge in [0, 0.05) is 18.8 Å². The molecule has 0 radical (unpaired) electrons. The third-order valence-electron chi connectivity index (χ3n) is 4.88. The zero-order chi connectivity index (χ0) is 16.2. The number of fused-ring (bicyclic) bond motifs is 1. The average molecular weight is 320 g/mol. The maximum Gasteiger partial charge on any atom is 0.236 e. The molecule has 0 spiro atoms. The Morgan fingerprint density at radius 3 is 3.09 bits per heavy atom. The fourth-order valence-corrected chi connectivity index (χ4v) is 3.68. The van der Waals surface area contributed by atoms with Gasteiger partial charge in [0.15, 0.2) is 0 Å². The summed E-state index contributed by atoms with van der Waals surface area (Å²) in [5.41, 5.74) is 1.16. The fraction of sp³-hybridized carbons (Fsp3) is 0.765. The summed E-state index contributed by atoms with van der Waals surface area (Å²) in [7, 11) is 0. The molecule has 1 aliphatic heterocycles. The number of aromatic nitrogens is 2. The number of hydrogen-bond acceptors (Lipinski definition) is 4. The molecule has 1 aromatic rings. The van der Waals surface area contributed by atoms with Gasteiger partial charge in [0.1, 0.15) is 0 Å². The highest BCUT2D eigenvalue weighted by Gasteiger charge is 2.36. The number of nitrogens with one attached hydrogen (secondary N) is 1. The van der Waals surface area contributed by atoms with E-state index < -0.39 is 0 Å². The minimum absolute atomic E-state index is 0.202. The Hall–Kier alpha value is -1.40. The molecule has 1 saturated carbocycles. The van der Waals surface area contributed by atoms with E-state index in [1.165, 1.54) is 12.8 Å². The molecule has 3 rings (SSSR count). The van der Waals surface area contributed by atoms with Gasteiger partial charge in [-0.15, -0.1) is 0 Å². The van der Waals surface area contributed by atoms with E-state index >= 15 is 0 Å². The molecule has 128 valence electrons. The van der Waals surface area contributed by atoms with Crippen molar-refractivity contribution in [3.8, 4) is 0 Å². The average Bonchev–Trinajstić information content (AvgIpc) is 2.97. The van der Waals surface area contributed by atoms with Gasteiger partial charge in [-0.3, -0.25) is 9.48 Å². The Bertz CT molecular complexity index is 528. The second-order valence-electron chi connectivity index (χ2n) is 6.87. The van der Waals surface area contributed by atoms with E-state index in [1.54, 1.807) is 0 Å². The number of rotatable bonds is 5. The van der Waals surface area contributed by atoms with Crippen molar-refractivity contribution < 1.29 is 9.53 Å². The van der Waals surface area contributed by atoms with Crippen LogP contribution < -0.4 is 5.32 Å². The minimum atomic E-state index is 0.202. The van der Waals surface area contributed by atoms with Gasteiger partial charge in [-0.2, -0.15) is 5.10 Å². The molecule has 2 aliphatic rings. The molecule has 2 fully saturated rings. The van der Waals surface area contributed by atoms with Gasteiger partial charge >= 0.3 is 0 Å². The van der Waals surface area contributed by atoms with Gasteiger partial charge in [0.05, 0.1) is 38.0 Å². The molecule has 1 aromatic heterocycles. The van der Waals surface area contributed by atoms with Crippen LogP contribution in [0.4, 0.5) is 0 Å². The summed E-state index contributed by atoms with van der Waals surface area (Å²) in [6.45, 7) is 6.70. The predicted octanol–water partition coefficient (Wildman–Crippen LogP) is 1.34. The molecule has 1 N–H and O–H groups in total. The van der Waals surface area contributed by atoms with Crippen LogP contribution >= 0.6 is 0 Å². The Labute approximate surface area is 138 Å². The lowest BCUT2D eigenvalue weighted by Gasteiger charge is -2.44. The van der Waals surface area contributed by atoms with Crippen LogP contribution in [0.5, 0.6) is 0 Å². The van der Waals surface area contributed by atoms with Crippen LogP contribution in [0, 0.1) is 6.92 Å². The van der Waals surface area contributed by atoms with E-state index in [0.717, 1.165) is 31.5 Å². The quantitative estimate of drug-likeness (QED) is 0.889. The topological polar surface area (TPSA) is 59.4 Å². The molecular formula is C17H28N4O2. The van der Waals surface area contributed by atoms with E-state index in [1.807, 2.05) is 28.9 Å². The van der Waals surface area contributed by atoms with Crippen LogP contribution in [-0.4, -0.2) is 58.5 Å². The highest BCUT2D eigenvalue weighted by atomic mass is 16.5. The van der Waals surface area contributed by atoms with E-state index in [4.69, 9.17) is 4.74 Å². The van der Waals surface area contributed by atoms with Gasteiger partial charge in [0.2, 0.25) is 5.91 Å². The highest BCUT2D eigenvalue weighted by molar-refractivity contribution is 5.78. The normalized spacial score (nSPS) is 25.9. The van der Waals surface area contributed by atoms with E-state index in [0.29, 0.717) is 13.2 Å². The van der Waals surface area contributed by atoms with E-state index in [9.17, 15) is 4.79 Å². The van der Waals surface area contributed by atoms with Crippen LogP contribution in [0.3, 0.4) is 0 Å². The number of aryl methyl sites for hydroxylation is 1. The lowest BCUT2D eigenvalue weighted by Crippen LogP contribution is -2.57. The molecule has 1 amide bonds. The van der Waals surface area contributed by atoms with Crippen LogP contribution in [0.2, 0.25) is 0 Å². The number of carbonyl (C=O) groups excluding carboxylic acids is 1. The number of morpholine rings is 1. The highest BCUT2D eigenvalue weighted by Crippen LogP contribution is 2.28. The second kappa shape index (κ2) is 7.45. The van der Waals surface area contributed by atoms with Crippen molar-refractivity contribution in [3.05, 3.63) is 18.0 Å². The molecule has 1 aliphatic carbocycles. The SMILES string of the molecule is Cc1cnn(CC(C)NCC(=O)N2CCOC3CCCCC32)c1. The van der Waals surface area contributed by atoms with Gasteiger partial charge in [-0.1, -0.05) is 12.8 Å². The van der Waals surface area contributed by atoms with Gasteiger partial charge in [-0.05, 0) is 32.3 Å². The molecule has 3 unspecified atom stereocenters. The molecule has 6 heteroatoms. The fourth-order valence-electron chi connectivity index (χ4n) is 3.68. The minimum Gasteiger partial charge on any atom is -0.374 e. The third-order valence-corrected chi connectivity index (χ3v) is 4.88. The molecule has 23 heavy (non-hydrogen) atoms. The summed E-state index contributed by atoms with van der Waals surface area (Å²) < 4.78 is 7.76. The van der Waals surface area contributed by atoms with Gasteiger partial charge in [0.25, 0.3) is 0 Å². The van der Waals surface area contributed by atoms with Crippen molar-refractivity contribution in [2.75, 3.05) is 19.7 Å². The van der Waals surface area contributed by atoms with Crippen molar-refractivity contribution in [2.45, 2.75) is 64.3 Å². The number of carbonyl (C=O) groups is 1. The standard InChI is InChI=1S/C17H28N4O2/c1-13-9-19-20(11-13)12-14(2)18-10-17(22)21-7-8-23-16-6-4-3-5-15(16)21/h9,11,14-16,18H,3-8,10,12H2,1-2H3. The molecule has 0 bridgehead atoms. The Balaban J connectivity index is 1.48.